The van der Waals surface area contributed by atoms with E-state index in [9.17, 15) is 4.79 Å². The number of halogens is 1. The first-order valence-corrected chi connectivity index (χ1v) is 8.32. The lowest BCUT2D eigenvalue weighted by atomic mass is 10.0. The van der Waals surface area contributed by atoms with E-state index in [0.717, 1.165) is 37.5 Å². The van der Waals surface area contributed by atoms with Gasteiger partial charge in [-0.05, 0) is 37.5 Å². The van der Waals surface area contributed by atoms with Crippen LogP contribution in [0.1, 0.15) is 35.7 Å². The maximum Gasteiger partial charge on any atom is 0.253 e. The van der Waals surface area contributed by atoms with Gasteiger partial charge in [0.15, 0.2) is 5.96 Å². The van der Waals surface area contributed by atoms with Crippen LogP contribution in [-0.4, -0.2) is 56.7 Å². The number of aliphatic imine (C=N–C) groups is 1. The van der Waals surface area contributed by atoms with Gasteiger partial charge in [0.1, 0.15) is 0 Å². The molecule has 25 heavy (non-hydrogen) atoms. The molecule has 7 heteroatoms. The van der Waals surface area contributed by atoms with Crippen molar-refractivity contribution in [3.63, 3.8) is 0 Å². The molecule has 1 aromatic rings. The second-order valence-electron chi connectivity index (χ2n) is 6.58. The first-order valence-electron chi connectivity index (χ1n) is 8.32. The molecule has 1 fully saturated rings. The van der Waals surface area contributed by atoms with Crippen molar-refractivity contribution < 1.29 is 9.53 Å². The predicted molar refractivity (Wildman–Crippen MR) is 112 cm³/mol. The molecule has 0 aromatic heterocycles. The van der Waals surface area contributed by atoms with Crippen LogP contribution < -0.4 is 10.6 Å². The van der Waals surface area contributed by atoms with Gasteiger partial charge in [-0.1, -0.05) is 12.1 Å². The molecule has 2 rings (SSSR count). The third-order valence-electron chi connectivity index (χ3n) is 4.22. The molecule has 0 spiro atoms. The Bertz CT molecular complexity index is 581. The van der Waals surface area contributed by atoms with Crippen molar-refractivity contribution in [2.24, 2.45) is 4.99 Å². The summed E-state index contributed by atoms with van der Waals surface area (Å²) in [6, 6.07) is 7.61. The molecule has 1 aromatic carbocycles. The number of hydrogen-bond acceptors (Lipinski definition) is 3. The molecule has 1 heterocycles. The molecule has 1 saturated heterocycles. The standard InChI is InChI=1S/C18H28N4O2.HI/c1-18(10-5-11-24-18)13-21-17(19-2)20-12-14-6-8-15(9-7-14)16(23)22(3)4;/h6-9H,5,10-13H2,1-4H3,(H2,19,20,21);1H. The fourth-order valence-electron chi connectivity index (χ4n) is 2.68. The van der Waals surface area contributed by atoms with E-state index >= 15 is 0 Å². The van der Waals surface area contributed by atoms with Crippen LogP contribution in [0.2, 0.25) is 0 Å². The molecule has 1 amide bonds. The Morgan fingerprint density at radius 2 is 1.96 bits per heavy atom. The number of ether oxygens (including phenoxy) is 1. The Labute approximate surface area is 167 Å². The number of rotatable bonds is 5. The number of carbonyl (C=O) groups is 1. The van der Waals surface area contributed by atoms with Crippen LogP contribution in [0, 0.1) is 0 Å². The van der Waals surface area contributed by atoms with E-state index in [1.807, 2.05) is 24.3 Å². The zero-order valence-electron chi connectivity index (χ0n) is 15.5. The highest BCUT2D eigenvalue weighted by molar-refractivity contribution is 14.0. The fourth-order valence-corrected chi connectivity index (χ4v) is 2.68. The zero-order valence-corrected chi connectivity index (χ0v) is 17.8. The van der Waals surface area contributed by atoms with Gasteiger partial charge >= 0.3 is 0 Å². The molecule has 1 aliphatic heterocycles. The number of hydrogen-bond donors (Lipinski definition) is 2. The smallest absolute Gasteiger partial charge is 0.253 e. The summed E-state index contributed by atoms with van der Waals surface area (Å²) in [7, 11) is 5.26. The molecule has 0 aliphatic carbocycles. The van der Waals surface area contributed by atoms with Crippen LogP contribution >= 0.6 is 24.0 Å². The second-order valence-corrected chi connectivity index (χ2v) is 6.58. The normalized spacial score (nSPS) is 19.9. The van der Waals surface area contributed by atoms with Crippen molar-refractivity contribution in [2.45, 2.75) is 31.9 Å². The van der Waals surface area contributed by atoms with Gasteiger partial charge < -0.3 is 20.3 Å². The van der Waals surface area contributed by atoms with E-state index in [1.165, 1.54) is 0 Å². The minimum Gasteiger partial charge on any atom is -0.373 e. The van der Waals surface area contributed by atoms with Gasteiger partial charge in [0.25, 0.3) is 5.91 Å². The lowest BCUT2D eigenvalue weighted by Crippen LogP contribution is -2.45. The van der Waals surface area contributed by atoms with Crippen molar-refractivity contribution in [1.82, 2.24) is 15.5 Å². The van der Waals surface area contributed by atoms with Gasteiger partial charge in [0.2, 0.25) is 0 Å². The summed E-state index contributed by atoms with van der Waals surface area (Å²) >= 11 is 0. The molecule has 0 bridgehead atoms. The number of nitrogens with one attached hydrogen (secondary N) is 2. The van der Waals surface area contributed by atoms with E-state index in [2.05, 4.69) is 22.5 Å². The van der Waals surface area contributed by atoms with Crippen molar-refractivity contribution in [2.75, 3.05) is 34.3 Å². The van der Waals surface area contributed by atoms with Crippen molar-refractivity contribution in [1.29, 1.82) is 0 Å². The highest BCUT2D eigenvalue weighted by atomic mass is 127. The minimum atomic E-state index is -0.105. The average Bonchev–Trinajstić information content (AvgIpc) is 3.01. The highest BCUT2D eigenvalue weighted by Crippen LogP contribution is 2.23. The average molecular weight is 460 g/mol. The van der Waals surface area contributed by atoms with Gasteiger partial charge in [0, 0.05) is 46.4 Å². The lowest BCUT2D eigenvalue weighted by molar-refractivity contribution is 0.0243. The summed E-state index contributed by atoms with van der Waals surface area (Å²) in [5.41, 5.74) is 1.68. The van der Waals surface area contributed by atoms with E-state index in [-0.39, 0.29) is 35.5 Å². The summed E-state index contributed by atoms with van der Waals surface area (Å²) < 4.78 is 5.77. The first-order chi connectivity index (χ1) is 11.4. The monoisotopic (exact) mass is 460 g/mol. The fraction of sp³-hybridized carbons (Fsp3) is 0.556. The summed E-state index contributed by atoms with van der Waals surface area (Å²) in [6.07, 6.45) is 2.18. The largest absolute Gasteiger partial charge is 0.373 e. The zero-order chi connectivity index (χ0) is 17.6. The Morgan fingerprint density at radius 1 is 1.28 bits per heavy atom. The van der Waals surface area contributed by atoms with Gasteiger partial charge in [0.05, 0.1) is 5.60 Å². The van der Waals surface area contributed by atoms with E-state index in [0.29, 0.717) is 12.1 Å². The minimum absolute atomic E-state index is 0. The second kappa shape index (κ2) is 9.96. The van der Waals surface area contributed by atoms with E-state index < -0.39 is 0 Å². The Balaban J connectivity index is 0.00000312. The molecule has 1 atom stereocenters. The summed E-state index contributed by atoms with van der Waals surface area (Å²) in [4.78, 5) is 17.7. The van der Waals surface area contributed by atoms with Crippen LogP contribution in [0.4, 0.5) is 0 Å². The lowest BCUT2D eigenvalue weighted by Gasteiger charge is -2.24. The molecule has 140 valence electrons. The van der Waals surface area contributed by atoms with Crippen molar-refractivity contribution in [3.8, 4) is 0 Å². The number of nitrogens with zero attached hydrogens (tertiary/aromatic N) is 2. The summed E-state index contributed by atoms with van der Waals surface area (Å²) in [5.74, 6) is 0.761. The first kappa shape index (κ1) is 21.7. The maximum atomic E-state index is 11.9. The van der Waals surface area contributed by atoms with Crippen LogP contribution in [-0.2, 0) is 11.3 Å². The SMILES string of the molecule is CN=C(NCc1ccc(C(=O)N(C)C)cc1)NCC1(C)CCCO1.I. The quantitative estimate of drug-likeness (QED) is 0.402. The number of guanidine groups is 1. The number of benzene rings is 1. The van der Waals surface area contributed by atoms with Gasteiger partial charge in [-0.2, -0.15) is 0 Å². The molecule has 0 radical (unpaired) electrons. The highest BCUT2D eigenvalue weighted by Gasteiger charge is 2.29. The Morgan fingerprint density at radius 3 is 2.48 bits per heavy atom. The van der Waals surface area contributed by atoms with Crippen LogP contribution in [0.25, 0.3) is 0 Å². The number of carbonyl (C=O) groups excluding carboxylic acids is 1. The van der Waals surface area contributed by atoms with Crippen LogP contribution in [0.15, 0.2) is 29.3 Å². The molecule has 1 unspecified atom stereocenters. The van der Waals surface area contributed by atoms with Gasteiger partial charge in [-0.25, -0.2) is 0 Å². The maximum absolute atomic E-state index is 11.9. The van der Waals surface area contributed by atoms with Gasteiger partial charge in [-0.15, -0.1) is 24.0 Å². The summed E-state index contributed by atoms with van der Waals surface area (Å²) in [5, 5.41) is 6.61. The topological polar surface area (TPSA) is 66.0 Å². The molecular weight excluding hydrogens is 431 g/mol. The summed E-state index contributed by atoms with van der Waals surface area (Å²) in [6.45, 7) is 4.35. The Hall–Kier alpha value is -1.35. The molecule has 1 aliphatic rings. The van der Waals surface area contributed by atoms with Crippen molar-refractivity contribution in [3.05, 3.63) is 35.4 Å². The van der Waals surface area contributed by atoms with Crippen LogP contribution in [0.5, 0.6) is 0 Å². The third kappa shape index (κ3) is 6.47. The molecule has 2 N–H and O–H groups in total. The van der Waals surface area contributed by atoms with E-state index in [4.69, 9.17) is 4.74 Å². The predicted octanol–water partition coefficient (Wildman–Crippen LogP) is 2.24. The molecular formula is C18H29IN4O2. The third-order valence-corrected chi connectivity index (χ3v) is 4.22. The van der Waals surface area contributed by atoms with Gasteiger partial charge in [-0.3, -0.25) is 9.79 Å². The molecule has 6 nitrogen and oxygen atoms in total. The molecule has 0 saturated carbocycles. The van der Waals surface area contributed by atoms with E-state index in [1.54, 1.807) is 26.0 Å². The number of amides is 1. The Kier molecular flexibility index (Phi) is 8.64. The van der Waals surface area contributed by atoms with Crippen molar-refractivity contribution >= 4 is 35.8 Å². The van der Waals surface area contributed by atoms with Crippen LogP contribution in [0.3, 0.4) is 0 Å².